The van der Waals surface area contributed by atoms with Gasteiger partial charge < -0.3 is 25.6 Å². The van der Waals surface area contributed by atoms with E-state index in [1.165, 1.54) is 0 Å². The van der Waals surface area contributed by atoms with E-state index in [9.17, 15) is 14.4 Å². The molecule has 172 valence electrons. The van der Waals surface area contributed by atoms with E-state index in [-0.39, 0.29) is 19.4 Å². The van der Waals surface area contributed by atoms with Gasteiger partial charge in [-0.3, -0.25) is 4.79 Å². The molecule has 0 bridgehead atoms. The topological polar surface area (TPSA) is 128 Å². The molecule has 0 aliphatic heterocycles. The van der Waals surface area contributed by atoms with Crippen LogP contribution in [0.25, 0.3) is 0 Å². The van der Waals surface area contributed by atoms with E-state index in [1.807, 2.05) is 30.3 Å². The van der Waals surface area contributed by atoms with Crippen molar-refractivity contribution < 1.29 is 29.0 Å². The Morgan fingerprint density at radius 3 is 2.19 bits per heavy atom. The summed E-state index contributed by atoms with van der Waals surface area (Å²) in [5.74, 6) is -1.57. The lowest BCUT2D eigenvalue weighted by Gasteiger charge is -2.23. The number of alkyl carbamates (subject to hydrolysis) is 1. The van der Waals surface area contributed by atoms with Crippen LogP contribution in [0.5, 0.6) is 0 Å². The highest BCUT2D eigenvalue weighted by Crippen LogP contribution is 2.16. The van der Waals surface area contributed by atoms with Crippen molar-refractivity contribution >= 4 is 18.0 Å². The van der Waals surface area contributed by atoms with Crippen LogP contribution in [0.4, 0.5) is 4.79 Å². The highest BCUT2D eigenvalue weighted by Gasteiger charge is 2.26. The Morgan fingerprint density at radius 2 is 1.62 bits per heavy atom. The summed E-state index contributed by atoms with van der Waals surface area (Å²) < 4.78 is 10.7. The molecule has 2 rings (SSSR count). The first-order chi connectivity index (χ1) is 15.0. The van der Waals surface area contributed by atoms with Crippen LogP contribution in [0.3, 0.4) is 0 Å². The molecule has 2 atom stereocenters. The minimum Gasteiger partial charge on any atom is -0.481 e. The summed E-state index contributed by atoms with van der Waals surface area (Å²) in [5.41, 5.74) is 7.41. The second-order valence-electron chi connectivity index (χ2n) is 8.44. The zero-order valence-corrected chi connectivity index (χ0v) is 18.5. The first-order valence-corrected chi connectivity index (χ1v) is 10.3. The molecule has 8 nitrogen and oxygen atoms in total. The number of amides is 1. The van der Waals surface area contributed by atoms with Gasteiger partial charge in [-0.1, -0.05) is 54.6 Å². The fraction of sp³-hybridized carbons (Fsp3) is 0.375. The Balaban J connectivity index is 2.09. The monoisotopic (exact) mass is 442 g/mol. The fourth-order valence-electron chi connectivity index (χ4n) is 2.91. The van der Waals surface area contributed by atoms with Gasteiger partial charge in [0.15, 0.2) is 0 Å². The van der Waals surface area contributed by atoms with E-state index in [0.29, 0.717) is 5.56 Å². The molecule has 0 radical (unpaired) electrons. The SMILES string of the molecule is CC(C)(C)OC(=O)N[C@@H](Cc1ccc(C(N)CC(=O)O)cc1)C(=O)OCc1ccccc1. The van der Waals surface area contributed by atoms with Crippen LogP contribution >= 0.6 is 0 Å². The molecule has 0 fully saturated rings. The number of carbonyl (C=O) groups is 3. The van der Waals surface area contributed by atoms with Crippen LogP contribution in [0.1, 0.15) is 49.9 Å². The summed E-state index contributed by atoms with van der Waals surface area (Å²) >= 11 is 0. The van der Waals surface area contributed by atoms with Gasteiger partial charge in [0.2, 0.25) is 0 Å². The Morgan fingerprint density at radius 1 is 1.00 bits per heavy atom. The number of hydrogen-bond acceptors (Lipinski definition) is 6. The van der Waals surface area contributed by atoms with E-state index in [1.54, 1.807) is 45.0 Å². The van der Waals surface area contributed by atoms with Crippen molar-refractivity contribution in [2.24, 2.45) is 5.73 Å². The largest absolute Gasteiger partial charge is 0.481 e. The molecule has 0 aromatic heterocycles. The van der Waals surface area contributed by atoms with Crippen LogP contribution in [-0.2, 0) is 32.1 Å². The number of aliphatic carboxylic acids is 1. The van der Waals surface area contributed by atoms with Crippen LogP contribution in [0, 0.1) is 0 Å². The van der Waals surface area contributed by atoms with Gasteiger partial charge in [-0.25, -0.2) is 9.59 Å². The van der Waals surface area contributed by atoms with Gasteiger partial charge in [0.05, 0.1) is 6.42 Å². The van der Waals surface area contributed by atoms with Crippen molar-refractivity contribution in [3.63, 3.8) is 0 Å². The summed E-state index contributed by atoms with van der Waals surface area (Å²) in [4.78, 5) is 35.9. The summed E-state index contributed by atoms with van der Waals surface area (Å²) in [6.07, 6.45) is -0.741. The fourth-order valence-corrected chi connectivity index (χ4v) is 2.91. The van der Waals surface area contributed by atoms with Crippen molar-refractivity contribution in [3.8, 4) is 0 Å². The van der Waals surface area contributed by atoms with Gasteiger partial charge in [-0.2, -0.15) is 0 Å². The molecule has 1 amide bonds. The number of rotatable bonds is 9. The maximum absolute atomic E-state index is 12.7. The first-order valence-electron chi connectivity index (χ1n) is 10.3. The molecule has 0 saturated heterocycles. The van der Waals surface area contributed by atoms with E-state index in [2.05, 4.69) is 5.32 Å². The standard InChI is InChI=1S/C24H30N2O6/c1-24(2,3)32-23(30)26-20(22(29)31-15-17-7-5-4-6-8-17)13-16-9-11-18(12-10-16)19(25)14-21(27)28/h4-12,19-20H,13-15,25H2,1-3H3,(H,26,30)(H,27,28)/t19?,20-/m0/s1. The number of carbonyl (C=O) groups excluding carboxylic acids is 2. The van der Waals surface area contributed by atoms with Gasteiger partial charge in [0, 0.05) is 12.5 Å². The van der Waals surface area contributed by atoms with Gasteiger partial charge in [0.25, 0.3) is 0 Å². The Labute approximate surface area is 187 Å². The molecule has 4 N–H and O–H groups in total. The normalized spacial score (nSPS) is 13.0. The maximum Gasteiger partial charge on any atom is 0.408 e. The molecule has 32 heavy (non-hydrogen) atoms. The third-order valence-corrected chi connectivity index (χ3v) is 4.44. The number of esters is 1. The Hall–Kier alpha value is -3.39. The molecule has 0 aliphatic carbocycles. The van der Waals surface area contributed by atoms with Crippen molar-refractivity contribution in [1.82, 2.24) is 5.32 Å². The zero-order chi connectivity index (χ0) is 23.7. The number of nitrogens with two attached hydrogens (primary N) is 1. The Kier molecular flexibility index (Phi) is 8.78. The highest BCUT2D eigenvalue weighted by molar-refractivity contribution is 5.81. The van der Waals surface area contributed by atoms with Crippen molar-refractivity contribution in [1.29, 1.82) is 0 Å². The quantitative estimate of drug-likeness (QED) is 0.508. The van der Waals surface area contributed by atoms with Crippen LogP contribution in [-0.4, -0.2) is 34.8 Å². The number of benzene rings is 2. The molecule has 0 spiro atoms. The molecule has 0 saturated carbocycles. The molecule has 8 heteroatoms. The molecule has 2 aromatic carbocycles. The summed E-state index contributed by atoms with van der Waals surface area (Å²) in [7, 11) is 0. The lowest BCUT2D eigenvalue weighted by Crippen LogP contribution is -2.45. The summed E-state index contributed by atoms with van der Waals surface area (Å²) in [5, 5.41) is 11.5. The van der Waals surface area contributed by atoms with E-state index >= 15 is 0 Å². The van der Waals surface area contributed by atoms with Gasteiger partial charge >= 0.3 is 18.0 Å². The van der Waals surface area contributed by atoms with E-state index in [0.717, 1.165) is 11.1 Å². The van der Waals surface area contributed by atoms with Crippen LogP contribution < -0.4 is 11.1 Å². The van der Waals surface area contributed by atoms with Gasteiger partial charge in [-0.05, 0) is 37.5 Å². The summed E-state index contributed by atoms with van der Waals surface area (Å²) in [6, 6.07) is 14.5. The second-order valence-corrected chi connectivity index (χ2v) is 8.44. The van der Waals surface area contributed by atoms with Crippen LogP contribution in [0.2, 0.25) is 0 Å². The predicted molar refractivity (Wildman–Crippen MR) is 119 cm³/mol. The summed E-state index contributed by atoms with van der Waals surface area (Å²) in [6.45, 7) is 5.27. The number of ether oxygens (including phenoxy) is 2. The number of hydrogen-bond donors (Lipinski definition) is 3. The van der Waals surface area contributed by atoms with Gasteiger partial charge in [-0.15, -0.1) is 0 Å². The highest BCUT2D eigenvalue weighted by atomic mass is 16.6. The second kappa shape index (κ2) is 11.3. The average molecular weight is 443 g/mol. The smallest absolute Gasteiger partial charge is 0.408 e. The minimum absolute atomic E-state index is 0.0785. The lowest BCUT2D eigenvalue weighted by atomic mass is 10.00. The van der Waals surface area contributed by atoms with E-state index < -0.39 is 35.7 Å². The molecule has 0 aliphatic rings. The maximum atomic E-state index is 12.7. The van der Waals surface area contributed by atoms with Crippen molar-refractivity contribution in [2.75, 3.05) is 0 Å². The van der Waals surface area contributed by atoms with Crippen molar-refractivity contribution in [2.45, 2.75) is 57.9 Å². The minimum atomic E-state index is -0.982. The lowest BCUT2D eigenvalue weighted by molar-refractivity contribution is -0.147. The number of carboxylic acid groups (broad SMARTS) is 1. The Bertz CT molecular complexity index is 906. The molecular formula is C24H30N2O6. The molecular weight excluding hydrogens is 412 g/mol. The predicted octanol–water partition coefficient (Wildman–Crippen LogP) is 3.34. The number of carboxylic acids is 1. The van der Waals surface area contributed by atoms with Gasteiger partial charge in [0.1, 0.15) is 18.2 Å². The molecule has 0 heterocycles. The van der Waals surface area contributed by atoms with Crippen LogP contribution in [0.15, 0.2) is 54.6 Å². The third-order valence-electron chi connectivity index (χ3n) is 4.44. The molecule has 1 unspecified atom stereocenters. The van der Waals surface area contributed by atoms with Crippen molar-refractivity contribution in [3.05, 3.63) is 71.3 Å². The average Bonchev–Trinajstić information content (AvgIpc) is 2.71. The van der Waals surface area contributed by atoms with E-state index in [4.69, 9.17) is 20.3 Å². The number of nitrogens with one attached hydrogen (secondary N) is 1. The zero-order valence-electron chi connectivity index (χ0n) is 18.5. The molecule has 2 aromatic rings. The first kappa shape index (κ1) is 24.9. The third kappa shape index (κ3) is 8.77.